The number of benzene rings is 2. The number of ether oxygens (including phenoxy) is 1. The van der Waals surface area contributed by atoms with Crippen molar-refractivity contribution in [2.75, 3.05) is 12.4 Å². The van der Waals surface area contributed by atoms with Gasteiger partial charge in [0.05, 0.1) is 17.3 Å². The van der Waals surface area contributed by atoms with E-state index in [1.165, 1.54) is 18.4 Å². The molecule has 0 fully saturated rings. The van der Waals surface area contributed by atoms with Crippen molar-refractivity contribution in [2.24, 2.45) is 0 Å². The van der Waals surface area contributed by atoms with Crippen LogP contribution in [0.5, 0.6) is 5.75 Å². The second-order valence-electron chi connectivity index (χ2n) is 5.40. The first-order valence-electron chi connectivity index (χ1n) is 7.61. The van der Waals surface area contributed by atoms with Crippen LogP contribution in [0.3, 0.4) is 0 Å². The maximum atomic E-state index is 12.6. The SMILES string of the molecule is COc1c(NC(=O)c2ccccc2)c2sc3ccccc3n2c1C#N. The van der Waals surface area contributed by atoms with Gasteiger partial charge in [-0.25, -0.2) is 0 Å². The highest BCUT2D eigenvalue weighted by atomic mass is 32.1. The Bertz CT molecular complexity index is 1140. The standard InChI is InChI=1S/C19H13N3O2S/c1-24-17-14(11-20)22-13-9-5-6-10-15(13)25-19(22)16(17)21-18(23)12-7-3-2-4-8-12/h2-10H,1H3,(H,21,23). The van der Waals surface area contributed by atoms with Gasteiger partial charge in [-0.2, -0.15) is 5.26 Å². The lowest BCUT2D eigenvalue weighted by Gasteiger charge is -2.06. The number of carbonyl (C=O) groups excluding carboxylic acids is 1. The van der Waals surface area contributed by atoms with Crippen LogP contribution in [0.2, 0.25) is 0 Å². The summed E-state index contributed by atoms with van der Waals surface area (Å²) in [4.78, 5) is 13.4. The fourth-order valence-electron chi connectivity index (χ4n) is 2.87. The molecule has 4 rings (SSSR count). The molecule has 6 heteroatoms. The molecule has 0 bridgehead atoms. The molecule has 1 amide bonds. The van der Waals surface area contributed by atoms with E-state index in [2.05, 4.69) is 11.4 Å². The highest BCUT2D eigenvalue weighted by Crippen LogP contribution is 2.42. The second kappa shape index (κ2) is 5.96. The van der Waals surface area contributed by atoms with Gasteiger partial charge in [0, 0.05) is 5.56 Å². The minimum Gasteiger partial charge on any atom is -0.492 e. The third kappa shape index (κ3) is 2.33. The van der Waals surface area contributed by atoms with E-state index in [0.717, 1.165) is 15.0 Å². The Morgan fingerprint density at radius 3 is 2.60 bits per heavy atom. The van der Waals surface area contributed by atoms with Gasteiger partial charge in [-0.15, -0.1) is 11.3 Å². The van der Waals surface area contributed by atoms with Crippen LogP contribution in [0, 0.1) is 11.3 Å². The average Bonchev–Trinajstić information content (AvgIpc) is 3.17. The summed E-state index contributed by atoms with van der Waals surface area (Å²) >= 11 is 1.51. The van der Waals surface area contributed by atoms with E-state index in [0.29, 0.717) is 22.7 Å². The summed E-state index contributed by atoms with van der Waals surface area (Å²) in [6.45, 7) is 0. The Balaban J connectivity index is 1.93. The smallest absolute Gasteiger partial charge is 0.255 e. The Morgan fingerprint density at radius 2 is 1.88 bits per heavy atom. The number of anilines is 1. The molecule has 0 aliphatic heterocycles. The third-order valence-electron chi connectivity index (χ3n) is 3.98. The van der Waals surface area contributed by atoms with E-state index in [-0.39, 0.29) is 5.91 Å². The molecule has 0 radical (unpaired) electrons. The van der Waals surface area contributed by atoms with Crippen LogP contribution >= 0.6 is 11.3 Å². The number of fused-ring (bicyclic) bond motifs is 3. The van der Waals surface area contributed by atoms with Crippen LogP contribution in [0.1, 0.15) is 16.1 Å². The predicted octanol–water partition coefficient (Wildman–Crippen LogP) is 4.29. The number of aromatic nitrogens is 1. The van der Waals surface area contributed by atoms with Crippen LogP contribution in [-0.2, 0) is 0 Å². The Morgan fingerprint density at radius 1 is 1.16 bits per heavy atom. The highest BCUT2D eigenvalue weighted by molar-refractivity contribution is 7.24. The summed E-state index contributed by atoms with van der Waals surface area (Å²) in [5.41, 5.74) is 2.36. The summed E-state index contributed by atoms with van der Waals surface area (Å²) in [7, 11) is 1.50. The van der Waals surface area contributed by atoms with Gasteiger partial charge in [-0.05, 0) is 24.3 Å². The van der Waals surface area contributed by atoms with Crippen LogP contribution < -0.4 is 10.1 Å². The number of hydrogen-bond acceptors (Lipinski definition) is 4. The molecule has 5 nitrogen and oxygen atoms in total. The number of nitrogens with zero attached hydrogens (tertiary/aromatic N) is 2. The molecule has 0 aliphatic carbocycles. The molecule has 0 aliphatic rings. The molecular formula is C19H13N3O2S. The third-order valence-corrected chi connectivity index (χ3v) is 5.13. The lowest BCUT2D eigenvalue weighted by atomic mass is 10.2. The first-order chi connectivity index (χ1) is 12.2. The molecule has 25 heavy (non-hydrogen) atoms. The zero-order valence-electron chi connectivity index (χ0n) is 13.3. The number of nitrogens with one attached hydrogen (secondary N) is 1. The van der Waals surface area contributed by atoms with E-state index in [1.807, 2.05) is 46.9 Å². The van der Waals surface area contributed by atoms with Crippen molar-refractivity contribution in [3.05, 3.63) is 65.9 Å². The first kappa shape index (κ1) is 15.2. The molecule has 2 aromatic heterocycles. The predicted molar refractivity (Wildman–Crippen MR) is 98.4 cm³/mol. The van der Waals surface area contributed by atoms with Crippen molar-refractivity contribution in [1.29, 1.82) is 5.26 Å². The van der Waals surface area contributed by atoms with Crippen LogP contribution in [0.4, 0.5) is 5.69 Å². The summed E-state index contributed by atoms with van der Waals surface area (Å²) in [6.07, 6.45) is 0. The summed E-state index contributed by atoms with van der Waals surface area (Å²) in [6, 6.07) is 19.0. The fraction of sp³-hybridized carbons (Fsp3) is 0.0526. The van der Waals surface area contributed by atoms with Crippen LogP contribution in [-0.4, -0.2) is 17.4 Å². The van der Waals surface area contributed by atoms with Gasteiger partial charge in [0.15, 0.2) is 11.4 Å². The largest absolute Gasteiger partial charge is 0.492 e. The Hall–Kier alpha value is -3.30. The molecule has 122 valence electrons. The number of thiazole rings is 1. The first-order valence-corrected chi connectivity index (χ1v) is 8.42. The molecule has 2 aromatic carbocycles. The molecular weight excluding hydrogens is 334 g/mol. The lowest BCUT2D eigenvalue weighted by Crippen LogP contribution is -2.11. The van der Waals surface area contributed by atoms with Gasteiger partial charge in [0.2, 0.25) is 0 Å². The molecule has 0 unspecified atom stereocenters. The maximum absolute atomic E-state index is 12.6. The van der Waals surface area contributed by atoms with E-state index >= 15 is 0 Å². The van der Waals surface area contributed by atoms with Crippen molar-refractivity contribution >= 4 is 38.0 Å². The molecule has 4 aromatic rings. The number of hydrogen-bond donors (Lipinski definition) is 1. The molecule has 0 saturated carbocycles. The topological polar surface area (TPSA) is 66.5 Å². The van der Waals surface area contributed by atoms with Gasteiger partial charge >= 0.3 is 0 Å². The van der Waals surface area contributed by atoms with Crippen molar-refractivity contribution in [3.63, 3.8) is 0 Å². The van der Waals surface area contributed by atoms with Gasteiger partial charge in [-0.3, -0.25) is 9.20 Å². The number of methoxy groups -OCH3 is 1. The Kier molecular flexibility index (Phi) is 3.64. The normalized spacial score (nSPS) is 10.7. The van der Waals surface area contributed by atoms with Crippen molar-refractivity contribution in [2.45, 2.75) is 0 Å². The van der Waals surface area contributed by atoms with Crippen LogP contribution in [0.15, 0.2) is 54.6 Å². The molecule has 0 spiro atoms. The fourth-order valence-corrected chi connectivity index (χ4v) is 4.02. The number of nitriles is 1. The zero-order chi connectivity index (χ0) is 17.4. The number of carbonyl (C=O) groups is 1. The van der Waals surface area contributed by atoms with Gasteiger partial charge in [-0.1, -0.05) is 30.3 Å². The molecule has 1 N–H and O–H groups in total. The summed E-state index contributed by atoms with van der Waals surface area (Å²) in [5.74, 6) is 0.136. The minimum atomic E-state index is -0.242. The Labute approximate surface area is 147 Å². The van der Waals surface area contributed by atoms with Gasteiger partial charge in [0.25, 0.3) is 5.91 Å². The number of para-hydroxylation sites is 1. The van der Waals surface area contributed by atoms with E-state index in [1.54, 1.807) is 12.1 Å². The van der Waals surface area contributed by atoms with Gasteiger partial charge < -0.3 is 10.1 Å². The molecule has 2 heterocycles. The maximum Gasteiger partial charge on any atom is 0.255 e. The van der Waals surface area contributed by atoms with Crippen molar-refractivity contribution < 1.29 is 9.53 Å². The van der Waals surface area contributed by atoms with E-state index in [9.17, 15) is 10.1 Å². The zero-order valence-corrected chi connectivity index (χ0v) is 14.1. The lowest BCUT2D eigenvalue weighted by molar-refractivity contribution is 0.102. The monoisotopic (exact) mass is 347 g/mol. The van der Waals surface area contributed by atoms with Crippen molar-refractivity contribution in [1.82, 2.24) is 4.40 Å². The molecule has 0 atom stereocenters. The van der Waals surface area contributed by atoms with E-state index in [4.69, 9.17) is 4.74 Å². The van der Waals surface area contributed by atoms with Crippen LogP contribution in [0.25, 0.3) is 15.0 Å². The highest BCUT2D eigenvalue weighted by Gasteiger charge is 2.24. The average molecular weight is 347 g/mol. The van der Waals surface area contributed by atoms with Gasteiger partial charge in [0.1, 0.15) is 16.6 Å². The summed E-state index contributed by atoms with van der Waals surface area (Å²) in [5, 5.41) is 12.5. The number of rotatable bonds is 3. The molecule has 0 saturated heterocycles. The number of amides is 1. The minimum absolute atomic E-state index is 0.242. The second-order valence-corrected chi connectivity index (χ2v) is 6.43. The quantitative estimate of drug-likeness (QED) is 0.601. The van der Waals surface area contributed by atoms with Crippen molar-refractivity contribution in [3.8, 4) is 11.8 Å². The van der Waals surface area contributed by atoms with E-state index < -0.39 is 0 Å². The summed E-state index contributed by atoms with van der Waals surface area (Å²) < 4.78 is 8.31.